The van der Waals surface area contributed by atoms with Gasteiger partial charge >= 0.3 is 0 Å². The van der Waals surface area contributed by atoms with Gasteiger partial charge in [0, 0.05) is 28.8 Å². The molecule has 0 fully saturated rings. The molecular weight excluding hydrogens is 270 g/mol. The molecule has 0 unspecified atom stereocenters. The van der Waals surface area contributed by atoms with E-state index in [2.05, 4.69) is 35.8 Å². The van der Waals surface area contributed by atoms with E-state index in [1.807, 2.05) is 18.2 Å². The number of rotatable bonds is 6. The molecule has 2 aromatic rings. The largest absolute Gasteiger partial charge is 0.497 e. The predicted molar refractivity (Wildman–Crippen MR) is 85.1 cm³/mol. The lowest BCUT2D eigenvalue weighted by Crippen LogP contribution is -2.02. The van der Waals surface area contributed by atoms with E-state index < -0.39 is 0 Å². The van der Waals surface area contributed by atoms with E-state index in [4.69, 9.17) is 9.47 Å². The highest BCUT2D eigenvalue weighted by atomic mass is 32.2. The molecule has 0 spiro atoms. The Balaban J connectivity index is 2.10. The maximum atomic E-state index is 5.40. The number of benzene rings is 2. The lowest BCUT2D eigenvalue weighted by Gasteiger charge is -2.12. The molecule has 0 aromatic heterocycles. The molecule has 0 radical (unpaired) electrons. The van der Waals surface area contributed by atoms with Gasteiger partial charge in [-0.05, 0) is 36.6 Å². The molecule has 0 saturated heterocycles. The maximum absolute atomic E-state index is 5.40. The third-order valence-corrected chi connectivity index (χ3v) is 3.77. The fourth-order valence-corrected chi connectivity index (χ4v) is 2.39. The highest BCUT2D eigenvalue weighted by Crippen LogP contribution is 2.26. The number of methoxy groups -OCH3 is 2. The highest BCUT2D eigenvalue weighted by Gasteiger charge is 2.05. The number of anilines is 1. The predicted octanol–water partition coefficient (Wildman–Crippen LogP) is 4.04. The fraction of sp³-hybridized carbons (Fsp3) is 0.250. The van der Waals surface area contributed by atoms with Crippen LogP contribution in [-0.4, -0.2) is 20.5 Å². The van der Waals surface area contributed by atoms with Crippen LogP contribution in [0.2, 0.25) is 0 Å². The number of ether oxygens (including phenoxy) is 2. The van der Waals surface area contributed by atoms with Crippen LogP contribution in [0.5, 0.6) is 11.5 Å². The number of nitrogens with one attached hydrogen (secondary N) is 1. The summed E-state index contributed by atoms with van der Waals surface area (Å²) >= 11 is 1.74. The summed E-state index contributed by atoms with van der Waals surface area (Å²) in [4.78, 5) is 1.25. The van der Waals surface area contributed by atoms with Crippen molar-refractivity contribution in [1.29, 1.82) is 0 Å². The zero-order valence-corrected chi connectivity index (χ0v) is 12.8. The summed E-state index contributed by atoms with van der Waals surface area (Å²) < 4.78 is 10.6. The molecule has 0 aliphatic rings. The minimum Gasteiger partial charge on any atom is -0.497 e. The number of hydrogen-bond donors (Lipinski definition) is 1. The topological polar surface area (TPSA) is 30.5 Å². The van der Waals surface area contributed by atoms with E-state index in [0.717, 1.165) is 22.7 Å². The second-order valence-corrected chi connectivity index (χ2v) is 5.14. The van der Waals surface area contributed by atoms with Gasteiger partial charge in [0.2, 0.25) is 0 Å². The van der Waals surface area contributed by atoms with Crippen molar-refractivity contribution < 1.29 is 9.47 Å². The smallest absolute Gasteiger partial charge is 0.127 e. The Morgan fingerprint density at radius 1 is 1.05 bits per heavy atom. The molecule has 2 rings (SSSR count). The van der Waals surface area contributed by atoms with Crippen LogP contribution < -0.4 is 14.8 Å². The molecule has 4 heteroatoms. The van der Waals surface area contributed by atoms with Crippen molar-refractivity contribution in [2.75, 3.05) is 25.8 Å². The second-order valence-electron chi connectivity index (χ2n) is 4.26. The Labute approximate surface area is 124 Å². The first kappa shape index (κ1) is 14.6. The molecule has 2 aromatic carbocycles. The second kappa shape index (κ2) is 7.10. The third-order valence-electron chi connectivity index (χ3n) is 3.05. The SMILES string of the molecule is COc1ccc(CNc2cccc(SC)c2)c(OC)c1. The lowest BCUT2D eigenvalue weighted by molar-refractivity contribution is 0.391. The van der Waals surface area contributed by atoms with Gasteiger partial charge in [-0.1, -0.05) is 6.07 Å². The van der Waals surface area contributed by atoms with Gasteiger partial charge in [-0.3, -0.25) is 0 Å². The molecule has 0 amide bonds. The average molecular weight is 289 g/mol. The molecule has 0 atom stereocenters. The molecule has 0 aliphatic carbocycles. The van der Waals surface area contributed by atoms with Crippen LogP contribution in [-0.2, 0) is 6.54 Å². The van der Waals surface area contributed by atoms with Crippen LogP contribution in [0.4, 0.5) is 5.69 Å². The molecule has 0 saturated carbocycles. The average Bonchev–Trinajstić information content (AvgIpc) is 2.52. The van der Waals surface area contributed by atoms with Crippen molar-refractivity contribution in [3.63, 3.8) is 0 Å². The van der Waals surface area contributed by atoms with E-state index in [0.29, 0.717) is 6.54 Å². The maximum Gasteiger partial charge on any atom is 0.127 e. The summed E-state index contributed by atoms with van der Waals surface area (Å²) in [5, 5.41) is 3.41. The monoisotopic (exact) mass is 289 g/mol. The van der Waals surface area contributed by atoms with Crippen molar-refractivity contribution in [3.8, 4) is 11.5 Å². The zero-order valence-electron chi connectivity index (χ0n) is 12.0. The van der Waals surface area contributed by atoms with E-state index in [9.17, 15) is 0 Å². The van der Waals surface area contributed by atoms with E-state index >= 15 is 0 Å². The summed E-state index contributed by atoms with van der Waals surface area (Å²) in [7, 11) is 3.33. The molecule has 3 nitrogen and oxygen atoms in total. The summed E-state index contributed by atoms with van der Waals surface area (Å²) in [6, 6.07) is 14.2. The summed E-state index contributed by atoms with van der Waals surface area (Å²) in [5.41, 5.74) is 2.21. The molecule has 0 heterocycles. The van der Waals surface area contributed by atoms with E-state index in [1.54, 1.807) is 26.0 Å². The highest BCUT2D eigenvalue weighted by molar-refractivity contribution is 7.98. The summed E-state index contributed by atoms with van der Waals surface area (Å²) in [6.07, 6.45) is 2.08. The quantitative estimate of drug-likeness (QED) is 0.813. The van der Waals surface area contributed by atoms with Gasteiger partial charge in [0.1, 0.15) is 11.5 Å². The minimum absolute atomic E-state index is 0.713. The Morgan fingerprint density at radius 2 is 1.90 bits per heavy atom. The van der Waals surface area contributed by atoms with E-state index in [1.165, 1.54) is 4.90 Å². The van der Waals surface area contributed by atoms with Gasteiger partial charge in [0.05, 0.1) is 14.2 Å². The Bertz CT molecular complexity index is 572. The van der Waals surface area contributed by atoms with Crippen LogP contribution in [0.15, 0.2) is 47.4 Å². The van der Waals surface area contributed by atoms with Crippen LogP contribution in [0.25, 0.3) is 0 Å². The van der Waals surface area contributed by atoms with Crippen molar-refractivity contribution in [3.05, 3.63) is 48.0 Å². The van der Waals surface area contributed by atoms with Gasteiger partial charge < -0.3 is 14.8 Å². The minimum atomic E-state index is 0.713. The molecule has 0 bridgehead atoms. The molecular formula is C16H19NO2S. The lowest BCUT2D eigenvalue weighted by atomic mass is 10.2. The first-order valence-corrected chi connectivity index (χ1v) is 7.58. The molecule has 106 valence electrons. The molecule has 0 aliphatic heterocycles. The Morgan fingerprint density at radius 3 is 2.60 bits per heavy atom. The van der Waals surface area contributed by atoms with Crippen molar-refractivity contribution in [2.45, 2.75) is 11.4 Å². The van der Waals surface area contributed by atoms with Crippen LogP contribution in [0.3, 0.4) is 0 Å². The zero-order chi connectivity index (χ0) is 14.4. The number of hydrogen-bond acceptors (Lipinski definition) is 4. The van der Waals surface area contributed by atoms with Crippen LogP contribution >= 0.6 is 11.8 Å². The van der Waals surface area contributed by atoms with Gasteiger partial charge in [-0.15, -0.1) is 11.8 Å². The summed E-state index contributed by atoms with van der Waals surface area (Å²) in [6.45, 7) is 0.713. The summed E-state index contributed by atoms with van der Waals surface area (Å²) in [5.74, 6) is 1.63. The third kappa shape index (κ3) is 3.61. The molecule has 20 heavy (non-hydrogen) atoms. The first-order chi connectivity index (χ1) is 9.76. The Kier molecular flexibility index (Phi) is 5.18. The first-order valence-electron chi connectivity index (χ1n) is 6.35. The van der Waals surface area contributed by atoms with Crippen molar-refractivity contribution >= 4 is 17.4 Å². The van der Waals surface area contributed by atoms with Crippen LogP contribution in [0.1, 0.15) is 5.56 Å². The van der Waals surface area contributed by atoms with Gasteiger partial charge in [0.25, 0.3) is 0 Å². The van der Waals surface area contributed by atoms with Gasteiger partial charge in [-0.2, -0.15) is 0 Å². The standard InChI is InChI=1S/C16H19NO2S/c1-18-14-8-7-12(16(10-14)19-2)11-17-13-5-4-6-15(9-13)20-3/h4-10,17H,11H2,1-3H3. The fourth-order valence-electron chi connectivity index (χ4n) is 1.93. The van der Waals surface area contributed by atoms with Crippen LogP contribution in [0, 0.1) is 0 Å². The van der Waals surface area contributed by atoms with E-state index in [-0.39, 0.29) is 0 Å². The normalized spacial score (nSPS) is 10.2. The van der Waals surface area contributed by atoms with Crippen molar-refractivity contribution in [2.24, 2.45) is 0 Å². The number of thioether (sulfide) groups is 1. The molecule has 1 N–H and O–H groups in total. The Hall–Kier alpha value is -1.81. The van der Waals surface area contributed by atoms with Gasteiger partial charge in [-0.25, -0.2) is 0 Å². The van der Waals surface area contributed by atoms with Crippen molar-refractivity contribution in [1.82, 2.24) is 0 Å². The van der Waals surface area contributed by atoms with Gasteiger partial charge in [0.15, 0.2) is 0 Å².